The van der Waals surface area contributed by atoms with Crippen LogP contribution in [-0.4, -0.2) is 17.4 Å². The summed E-state index contributed by atoms with van der Waals surface area (Å²) in [4.78, 5) is 18.1. The first kappa shape index (κ1) is 13.1. The normalized spacial score (nSPS) is 10.2. The number of carbonyl (C=O) groups excluding carboxylic acids is 1. The van der Waals surface area contributed by atoms with Gasteiger partial charge >= 0.3 is 0 Å². The van der Waals surface area contributed by atoms with Crippen molar-refractivity contribution < 1.29 is 4.79 Å². The molecule has 0 unspecified atom stereocenters. The van der Waals surface area contributed by atoms with E-state index in [-0.39, 0.29) is 5.91 Å². The molecule has 0 saturated carbocycles. The van der Waals surface area contributed by atoms with E-state index in [1.807, 2.05) is 38.1 Å². The number of pyridine rings is 1. The van der Waals surface area contributed by atoms with Crippen LogP contribution in [0.2, 0.25) is 0 Å². The fourth-order valence-electron chi connectivity index (χ4n) is 1.91. The number of nitrogens with zero attached hydrogens (tertiary/aromatic N) is 2. The maximum Gasteiger partial charge on any atom is 0.258 e. The second-order valence-electron chi connectivity index (χ2n) is 4.35. The quantitative estimate of drug-likeness (QED) is 0.917. The lowest BCUT2D eigenvalue weighted by atomic mass is 10.2. The topological polar surface area (TPSA) is 59.2 Å². The Bertz CT molecular complexity index is 578. The Morgan fingerprint density at radius 1 is 1.26 bits per heavy atom. The van der Waals surface area contributed by atoms with Crippen molar-refractivity contribution in [3.05, 3.63) is 53.7 Å². The zero-order chi connectivity index (χ0) is 13.8. The lowest BCUT2D eigenvalue weighted by molar-refractivity contribution is 0.0988. The molecule has 0 aliphatic heterocycles. The number of amides is 1. The summed E-state index contributed by atoms with van der Waals surface area (Å²) < 4.78 is 0. The van der Waals surface area contributed by atoms with E-state index >= 15 is 0 Å². The highest BCUT2D eigenvalue weighted by atomic mass is 16.2. The van der Waals surface area contributed by atoms with E-state index in [4.69, 9.17) is 5.73 Å². The summed E-state index contributed by atoms with van der Waals surface area (Å²) in [5.74, 6) is 0.284. The highest BCUT2D eigenvalue weighted by molar-refractivity contribution is 6.06. The van der Waals surface area contributed by atoms with Crippen molar-refractivity contribution in [1.82, 2.24) is 4.98 Å². The van der Waals surface area contributed by atoms with Gasteiger partial charge in [-0.15, -0.1) is 0 Å². The first-order chi connectivity index (χ1) is 9.11. The van der Waals surface area contributed by atoms with Crippen LogP contribution >= 0.6 is 0 Å². The average molecular weight is 255 g/mol. The van der Waals surface area contributed by atoms with Crippen LogP contribution in [0.25, 0.3) is 0 Å². The third-order valence-electron chi connectivity index (χ3n) is 2.94. The number of rotatable bonds is 3. The van der Waals surface area contributed by atoms with Gasteiger partial charge in [-0.1, -0.05) is 17.7 Å². The Kier molecular flexibility index (Phi) is 3.80. The highest BCUT2D eigenvalue weighted by Crippen LogP contribution is 2.18. The number of aryl methyl sites for hydroxylation is 1. The average Bonchev–Trinajstić information content (AvgIpc) is 2.41. The molecule has 4 heteroatoms. The van der Waals surface area contributed by atoms with Crippen LogP contribution in [0.15, 0.2) is 42.6 Å². The van der Waals surface area contributed by atoms with Gasteiger partial charge in [0.25, 0.3) is 5.91 Å². The van der Waals surface area contributed by atoms with Crippen LogP contribution < -0.4 is 10.6 Å². The number of carbonyl (C=O) groups is 1. The van der Waals surface area contributed by atoms with Gasteiger partial charge in [-0.2, -0.15) is 0 Å². The molecule has 0 fully saturated rings. The van der Waals surface area contributed by atoms with Gasteiger partial charge in [-0.3, -0.25) is 4.79 Å². The summed E-state index contributed by atoms with van der Waals surface area (Å²) in [6.07, 6.45) is 1.55. The van der Waals surface area contributed by atoms with Crippen LogP contribution in [0, 0.1) is 6.92 Å². The molecule has 2 N–H and O–H groups in total. The predicted molar refractivity (Wildman–Crippen MR) is 77.2 cm³/mol. The minimum atomic E-state index is -0.0690. The third-order valence-corrected chi connectivity index (χ3v) is 2.94. The molecule has 2 rings (SSSR count). The number of nitrogens with two attached hydrogens (primary N) is 1. The van der Waals surface area contributed by atoms with Gasteiger partial charge in [-0.05, 0) is 38.1 Å². The molecule has 0 aliphatic rings. The SMILES string of the molecule is CCN(C(=O)c1ccnc(N)c1)c1ccc(C)cc1. The molecule has 0 aliphatic carbocycles. The Morgan fingerprint density at radius 3 is 2.53 bits per heavy atom. The predicted octanol–water partition coefficient (Wildman–Crippen LogP) is 2.64. The Labute approximate surface area is 112 Å². The third kappa shape index (κ3) is 2.91. The molecule has 1 aromatic heterocycles. The smallest absolute Gasteiger partial charge is 0.258 e. The van der Waals surface area contributed by atoms with Crippen molar-refractivity contribution >= 4 is 17.4 Å². The number of hydrogen-bond acceptors (Lipinski definition) is 3. The van der Waals surface area contributed by atoms with Crippen LogP contribution in [0.1, 0.15) is 22.8 Å². The van der Waals surface area contributed by atoms with E-state index in [9.17, 15) is 4.79 Å². The minimum Gasteiger partial charge on any atom is -0.384 e. The summed E-state index contributed by atoms with van der Waals surface area (Å²) in [5, 5.41) is 0. The molecular formula is C15H17N3O. The number of hydrogen-bond donors (Lipinski definition) is 1. The molecule has 0 spiro atoms. The van der Waals surface area contributed by atoms with Crippen LogP contribution in [-0.2, 0) is 0 Å². The minimum absolute atomic E-state index is 0.0690. The zero-order valence-corrected chi connectivity index (χ0v) is 11.1. The van der Waals surface area contributed by atoms with E-state index in [0.29, 0.717) is 17.9 Å². The van der Waals surface area contributed by atoms with Gasteiger partial charge in [0.2, 0.25) is 0 Å². The lowest BCUT2D eigenvalue weighted by Crippen LogP contribution is -2.30. The second-order valence-corrected chi connectivity index (χ2v) is 4.35. The molecule has 1 amide bonds. The van der Waals surface area contributed by atoms with Gasteiger partial charge in [0.15, 0.2) is 0 Å². The van der Waals surface area contributed by atoms with Crippen LogP contribution in [0.4, 0.5) is 11.5 Å². The lowest BCUT2D eigenvalue weighted by Gasteiger charge is -2.21. The maximum atomic E-state index is 12.5. The number of benzene rings is 1. The van der Waals surface area contributed by atoms with Gasteiger partial charge in [-0.25, -0.2) is 4.98 Å². The second kappa shape index (κ2) is 5.52. The van der Waals surface area contributed by atoms with Gasteiger partial charge in [0.1, 0.15) is 5.82 Å². The van der Waals surface area contributed by atoms with Gasteiger partial charge in [0, 0.05) is 24.0 Å². The Morgan fingerprint density at radius 2 is 1.95 bits per heavy atom. The zero-order valence-electron chi connectivity index (χ0n) is 11.1. The number of aromatic nitrogens is 1. The molecule has 0 atom stereocenters. The first-order valence-electron chi connectivity index (χ1n) is 6.22. The monoisotopic (exact) mass is 255 g/mol. The van der Waals surface area contributed by atoms with E-state index in [0.717, 1.165) is 5.69 Å². The molecule has 1 aromatic carbocycles. The van der Waals surface area contributed by atoms with Crippen molar-refractivity contribution in [2.24, 2.45) is 0 Å². The molecule has 19 heavy (non-hydrogen) atoms. The molecule has 1 heterocycles. The molecule has 2 aromatic rings. The Balaban J connectivity index is 2.31. The van der Waals surface area contributed by atoms with Crippen molar-refractivity contribution in [3.8, 4) is 0 Å². The maximum absolute atomic E-state index is 12.5. The van der Waals surface area contributed by atoms with Crippen molar-refractivity contribution in [2.45, 2.75) is 13.8 Å². The van der Waals surface area contributed by atoms with Gasteiger partial charge in [0.05, 0.1) is 0 Å². The standard InChI is InChI=1S/C15H17N3O/c1-3-18(13-6-4-11(2)5-7-13)15(19)12-8-9-17-14(16)10-12/h4-10H,3H2,1-2H3,(H2,16,17). The van der Waals surface area contributed by atoms with Crippen molar-refractivity contribution in [3.63, 3.8) is 0 Å². The summed E-state index contributed by atoms with van der Waals surface area (Å²) in [7, 11) is 0. The number of nitrogen functional groups attached to an aromatic ring is 1. The molecule has 98 valence electrons. The molecule has 4 nitrogen and oxygen atoms in total. The summed E-state index contributed by atoms with van der Waals surface area (Å²) in [5.41, 5.74) is 8.22. The summed E-state index contributed by atoms with van der Waals surface area (Å²) in [6, 6.07) is 11.1. The highest BCUT2D eigenvalue weighted by Gasteiger charge is 2.16. The number of anilines is 2. The summed E-state index contributed by atoms with van der Waals surface area (Å²) in [6.45, 7) is 4.57. The molecular weight excluding hydrogens is 238 g/mol. The van der Waals surface area contributed by atoms with Crippen LogP contribution in [0.3, 0.4) is 0 Å². The Hall–Kier alpha value is -2.36. The molecule has 0 radical (unpaired) electrons. The van der Waals surface area contributed by atoms with E-state index in [2.05, 4.69) is 4.98 Å². The van der Waals surface area contributed by atoms with E-state index < -0.39 is 0 Å². The molecule has 0 saturated heterocycles. The van der Waals surface area contributed by atoms with Crippen LogP contribution in [0.5, 0.6) is 0 Å². The van der Waals surface area contributed by atoms with E-state index in [1.165, 1.54) is 5.56 Å². The van der Waals surface area contributed by atoms with E-state index in [1.54, 1.807) is 23.2 Å². The van der Waals surface area contributed by atoms with Gasteiger partial charge < -0.3 is 10.6 Å². The first-order valence-corrected chi connectivity index (χ1v) is 6.22. The fourth-order valence-corrected chi connectivity index (χ4v) is 1.91. The summed E-state index contributed by atoms with van der Waals surface area (Å²) >= 11 is 0. The molecule has 0 bridgehead atoms. The van der Waals surface area contributed by atoms with Crippen molar-refractivity contribution in [1.29, 1.82) is 0 Å². The fraction of sp³-hybridized carbons (Fsp3) is 0.200. The largest absolute Gasteiger partial charge is 0.384 e. The van der Waals surface area contributed by atoms with Crippen molar-refractivity contribution in [2.75, 3.05) is 17.2 Å².